The molecule has 2 aromatic rings. The zero-order valence-corrected chi connectivity index (χ0v) is 12.7. The Morgan fingerprint density at radius 2 is 2.10 bits per heavy atom. The highest BCUT2D eigenvalue weighted by atomic mass is 16.5. The second-order valence-electron chi connectivity index (χ2n) is 5.04. The quantitative estimate of drug-likeness (QED) is 0.850. The van der Waals surface area contributed by atoms with E-state index >= 15 is 0 Å². The highest BCUT2D eigenvalue weighted by Gasteiger charge is 2.19. The molecule has 2 N–H and O–H groups in total. The Kier molecular flexibility index (Phi) is 4.79. The Labute approximate surface area is 120 Å². The van der Waals surface area contributed by atoms with E-state index in [0.29, 0.717) is 0 Å². The molecular formula is C16H23N3O. The lowest BCUT2D eigenvalue weighted by Gasteiger charge is -2.20. The van der Waals surface area contributed by atoms with E-state index in [2.05, 4.69) is 48.2 Å². The van der Waals surface area contributed by atoms with Crippen molar-refractivity contribution < 1.29 is 4.74 Å². The van der Waals surface area contributed by atoms with Gasteiger partial charge >= 0.3 is 0 Å². The van der Waals surface area contributed by atoms with E-state index in [1.165, 1.54) is 11.1 Å². The molecule has 20 heavy (non-hydrogen) atoms. The first-order valence-electron chi connectivity index (χ1n) is 7.05. The van der Waals surface area contributed by atoms with E-state index in [0.717, 1.165) is 30.1 Å². The third kappa shape index (κ3) is 3.02. The summed E-state index contributed by atoms with van der Waals surface area (Å²) in [7, 11) is 1.71. The second-order valence-corrected chi connectivity index (χ2v) is 5.04. The van der Waals surface area contributed by atoms with Crippen LogP contribution in [0.5, 0.6) is 5.75 Å². The van der Waals surface area contributed by atoms with Gasteiger partial charge < -0.3 is 15.0 Å². The second kappa shape index (κ2) is 6.57. The fraction of sp³-hybridized carbons (Fsp3) is 0.438. The van der Waals surface area contributed by atoms with Crippen molar-refractivity contribution >= 4 is 0 Å². The van der Waals surface area contributed by atoms with Crippen molar-refractivity contribution in [3.05, 3.63) is 47.0 Å². The van der Waals surface area contributed by atoms with Crippen molar-refractivity contribution in [1.82, 2.24) is 15.3 Å². The summed E-state index contributed by atoms with van der Waals surface area (Å²) in [5.41, 5.74) is 3.59. The molecule has 0 radical (unpaired) electrons. The predicted octanol–water partition coefficient (Wildman–Crippen LogP) is 3.12. The summed E-state index contributed by atoms with van der Waals surface area (Å²) < 4.78 is 5.39. The first-order valence-corrected chi connectivity index (χ1v) is 7.05. The van der Waals surface area contributed by atoms with E-state index in [9.17, 15) is 0 Å². The summed E-state index contributed by atoms with van der Waals surface area (Å²) in [5.74, 6) is 1.88. The highest BCUT2D eigenvalue weighted by molar-refractivity contribution is 5.44. The van der Waals surface area contributed by atoms with Gasteiger partial charge in [0, 0.05) is 12.4 Å². The summed E-state index contributed by atoms with van der Waals surface area (Å²) in [6, 6.07) is 4.37. The Morgan fingerprint density at radius 1 is 1.30 bits per heavy atom. The van der Waals surface area contributed by atoms with Crippen LogP contribution in [0.3, 0.4) is 0 Å². The summed E-state index contributed by atoms with van der Waals surface area (Å²) in [5, 5.41) is 3.56. The molecule has 0 aliphatic heterocycles. The zero-order valence-electron chi connectivity index (χ0n) is 12.7. The van der Waals surface area contributed by atoms with Gasteiger partial charge in [-0.3, -0.25) is 0 Å². The molecule has 0 amide bonds. The zero-order chi connectivity index (χ0) is 14.5. The Bertz CT molecular complexity index is 549. The summed E-state index contributed by atoms with van der Waals surface area (Å²) in [6.45, 7) is 7.30. The standard InChI is InChI=1S/C16H23N3O/c1-5-6-17-15(16-18-7-8-19-16)13-9-12(3)14(20-4)10-11(13)2/h7-10,15,17H,5-6H2,1-4H3,(H,18,19). The highest BCUT2D eigenvalue weighted by Crippen LogP contribution is 2.29. The molecule has 108 valence electrons. The number of aryl methyl sites for hydroxylation is 2. The van der Waals surface area contributed by atoms with Crippen LogP contribution >= 0.6 is 0 Å². The minimum Gasteiger partial charge on any atom is -0.496 e. The molecule has 0 spiro atoms. The van der Waals surface area contributed by atoms with Gasteiger partial charge in [0.15, 0.2) is 0 Å². The summed E-state index contributed by atoms with van der Waals surface area (Å²) in [6.07, 6.45) is 4.74. The Hall–Kier alpha value is -1.81. The molecule has 1 heterocycles. The molecule has 4 heteroatoms. The number of H-pyrrole nitrogens is 1. The minimum atomic E-state index is 0.0922. The van der Waals surface area contributed by atoms with Crippen LogP contribution in [0.2, 0.25) is 0 Å². The van der Waals surface area contributed by atoms with Gasteiger partial charge in [0.1, 0.15) is 11.6 Å². The predicted molar refractivity (Wildman–Crippen MR) is 81.2 cm³/mol. The molecule has 1 atom stereocenters. The lowest BCUT2D eigenvalue weighted by atomic mass is 9.97. The van der Waals surface area contributed by atoms with Crippen LogP contribution in [0, 0.1) is 13.8 Å². The average molecular weight is 273 g/mol. The number of rotatable bonds is 6. The van der Waals surface area contributed by atoms with Crippen molar-refractivity contribution in [2.75, 3.05) is 13.7 Å². The number of aromatic amines is 1. The van der Waals surface area contributed by atoms with E-state index < -0.39 is 0 Å². The van der Waals surface area contributed by atoms with Crippen LogP contribution in [-0.4, -0.2) is 23.6 Å². The number of methoxy groups -OCH3 is 1. The number of ether oxygens (including phenoxy) is 1. The van der Waals surface area contributed by atoms with E-state index in [1.807, 2.05) is 6.20 Å². The van der Waals surface area contributed by atoms with Crippen molar-refractivity contribution in [3.8, 4) is 5.75 Å². The van der Waals surface area contributed by atoms with Gasteiger partial charge in [0.25, 0.3) is 0 Å². The molecule has 4 nitrogen and oxygen atoms in total. The first kappa shape index (κ1) is 14.6. The molecule has 1 aromatic carbocycles. The normalized spacial score (nSPS) is 12.4. The maximum absolute atomic E-state index is 5.39. The van der Waals surface area contributed by atoms with Crippen LogP contribution in [0.25, 0.3) is 0 Å². The van der Waals surface area contributed by atoms with Crippen molar-refractivity contribution in [2.24, 2.45) is 0 Å². The van der Waals surface area contributed by atoms with E-state index in [-0.39, 0.29) is 6.04 Å². The molecule has 0 aliphatic rings. The fourth-order valence-corrected chi connectivity index (χ4v) is 2.42. The maximum atomic E-state index is 5.39. The average Bonchev–Trinajstić information content (AvgIpc) is 2.96. The van der Waals surface area contributed by atoms with Gasteiger partial charge in [-0.05, 0) is 49.6 Å². The number of benzene rings is 1. The molecule has 0 saturated heterocycles. The SMILES string of the molecule is CCCNC(c1ncc[nH]1)c1cc(C)c(OC)cc1C. The van der Waals surface area contributed by atoms with Crippen LogP contribution in [0.1, 0.15) is 41.9 Å². The van der Waals surface area contributed by atoms with E-state index in [4.69, 9.17) is 4.74 Å². The third-order valence-corrected chi connectivity index (χ3v) is 3.49. The van der Waals surface area contributed by atoms with Gasteiger partial charge in [-0.15, -0.1) is 0 Å². The Morgan fingerprint density at radius 3 is 2.70 bits per heavy atom. The number of aromatic nitrogens is 2. The Balaban J connectivity index is 2.40. The first-order chi connectivity index (χ1) is 9.67. The number of nitrogens with zero attached hydrogens (tertiary/aromatic N) is 1. The molecular weight excluding hydrogens is 250 g/mol. The van der Waals surface area contributed by atoms with Crippen molar-refractivity contribution in [3.63, 3.8) is 0 Å². The van der Waals surface area contributed by atoms with Gasteiger partial charge in [-0.25, -0.2) is 4.98 Å². The number of hydrogen-bond donors (Lipinski definition) is 2. The lowest BCUT2D eigenvalue weighted by Crippen LogP contribution is -2.25. The summed E-state index contributed by atoms with van der Waals surface area (Å²) in [4.78, 5) is 7.62. The van der Waals surface area contributed by atoms with Crippen molar-refractivity contribution in [1.29, 1.82) is 0 Å². The van der Waals surface area contributed by atoms with Crippen molar-refractivity contribution in [2.45, 2.75) is 33.2 Å². The topological polar surface area (TPSA) is 49.9 Å². The number of nitrogens with one attached hydrogen (secondary N) is 2. The molecule has 0 bridgehead atoms. The molecule has 0 saturated carbocycles. The van der Waals surface area contributed by atoms with Crippen LogP contribution in [-0.2, 0) is 0 Å². The van der Waals surface area contributed by atoms with Gasteiger partial charge in [-0.2, -0.15) is 0 Å². The van der Waals surface area contributed by atoms with Crippen LogP contribution in [0.15, 0.2) is 24.5 Å². The third-order valence-electron chi connectivity index (χ3n) is 3.49. The van der Waals surface area contributed by atoms with Gasteiger partial charge in [0.05, 0.1) is 13.2 Å². The van der Waals surface area contributed by atoms with Gasteiger partial charge in [-0.1, -0.05) is 13.0 Å². The largest absolute Gasteiger partial charge is 0.496 e. The van der Waals surface area contributed by atoms with Crippen LogP contribution in [0.4, 0.5) is 0 Å². The molecule has 2 rings (SSSR count). The molecule has 0 fully saturated rings. The van der Waals surface area contributed by atoms with Crippen LogP contribution < -0.4 is 10.1 Å². The fourth-order valence-electron chi connectivity index (χ4n) is 2.42. The van der Waals surface area contributed by atoms with Gasteiger partial charge in [0.2, 0.25) is 0 Å². The smallest absolute Gasteiger partial charge is 0.127 e. The minimum absolute atomic E-state index is 0.0922. The monoisotopic (exact) mass is 273 g/mol. The summed E-state index contributed by atoms with van der Waals surface area (Å²) >= 11 is 0. The van der Waals surface area contributed by atoms with E-state index in [1.54, 1.807) is 13.3 Å². The molecule has 1 unspecified atom stereocenters. The maximum Gasteiger partial charge on any atom is 0.127 e. The molecule has 1 aromatic heterocycles. The number of hydrogen-bond acceptors (Lipinski definition) is 3. The number of imidazole rings is 1. The lowest BCUT2D eigenvalue weighted by molar-refractivity contribution is 0.411. The molecule has 0 aliphatic carbocycles.